The van der Waals surface area contributed by atoms with Crippen LogP contribution in [0.15, 0.2) is 48.8 Å². The van der Waals surface area contributed by atoms with Crippen molar-refractivity contribution in [2.45, 2.75) is 88.4 Å². The van der Waals surface area contributed by atoms with Crippen molar-refractivity contribution in [3.8, 4) is 11.1 Å². The largest absolute Gasteiger partial charge is 0.444 e. The van der Waals surface area contributed by atoms with Gasteiger partial charge in [0, 0.05) is 23.5 Å². The molecule has 2 aliphatic heterocycles. The summed E-state index contributed by atoms with van der Waals surface area (Å²) in [6.45, 7) is 5.56. The number of rotatable bonds is 4. The van der Waals surface area contributed by atoms with Crippen molar-refractivity contribution in [3.05, 3.63) is 77.1 Å². The predicted molar refractivity (Wildman–Crippen MR) is 157 cm³/mol. The van der Waals surface area contributed by atoms with Crippen molar-refractivity contribution in [1.82, 2.24) is 30.2 Å². The van der Waals surface area contributed by atoms with Gasteiger partial charge in [0.1, 0.15) is 17.0 Å². The van der Waals surface area contributed by atoms with Crippen LogP contribution in [0.3, 0.4) is 0 Å². The zero-order valence-corrected chi connectivity index (χ0v) is 24.1. The Morgan fingerprint density at radius 1 is 1.10 bits per heavy atom. The number of aromatic nitrogens is 4. The maximum absolute atomic E-state index is 13.2. The predicted octanol–water partition coefficient (Wildman–Crippen LogP) is 6.05. The highest BCUT2D eigenvalue weighted by molar-refractivity contribution is 5.97. The van der Waals surface area contributed by atoms with Gasteiger partial charge in [-0.1, -0.05) is 18.2 Å². The normalized spacial score (nSPS) is 22.0. The first kappa shape index (κ1) is 25.4. The molecule has 2 aliphatic carbocycles. The van der Waals surface area contributed by atoms with Gasteiger partial charge in [-0.2, -0.15) is 0 Å². The van der Waals surface area contributed by atoms with E-state index in [-0.39, 0.29) is 18.0 Å². The highest BCUT2D eigenvalue weighted by atomic mass is 16.6. The fourth-order valence-electron chi connectivity index (χ4n) is 6.97. The zero-order chi connectivity index (χ0) is 28.8. The lowest BCUT2D eigenvalue weighted by atomic mass is 9.76. The summed E-state index contributed by atoms with van der Waals surface area (Å²) in [5, 5.41) is 6.29. The molecule has 2 bridgehead atoms. The number of hydrogen-bond donors (Lipinski definition) is 2. The first-order valence-electron chi connectivity index (χ1n) is 15.0. The second-order valence-corrected chi connectivity index (χ2v) is 13.3. The van der Waals surface area contributed by atoms with Crippen LogP contribution >= 0.6 is 0 Å². The van der Waals surface area contributed by atoms with Gasteiger partial charge < -0.3 is 19.9 Å². The molecule has 2 fully saturated rings. The standard InChI is InChI=1S/C33H34N6O3/c1-32(2,3)42-31(41)38-33(12-5-13-33)30-34-16-20(17-35-30)19-10-11-23-25(14-19)39-26-15-24(28(39)36-23)37-29(40)22-7-4-6-21(27(22)26)18-8-9-18/h4,6-7,10-11,14,16-18,24,26H,5,8-9,12-13,15H2,1-3H3,(H,37,40)(H,38,41)/t24-,26-/m1/s1. The highest BCUT2D eigenvalue weighted by Crippen LogP contribution is 2.50. The lowest BCUT2D eigenvalue weighted by Gasteiger charge is -2.41. The molecule has 2 amide bonds. The van der Waals surface area contributed by atoms with Gasteiger partial charge in [-0.25, -0.2) is 19.7 Å². The second-order valence-electron chi connectivity index (χ2n) is 13.3. The number of benzene rings is 2. The first-order chi connectivity index (χ1) is 20.2. The van der Waals surface area contributed by atoms with E-state index in [1.807, 2.05) is 57.4 Å². The molecule has 9 nitrogen and oxygen atoms in total. The Hall–Kier alpha value is -4.27. The minimum Gasteiger partial charge on any atom is -0.444 e. The SMILES string of the molecule is CC(C)(C)OC(=O)NC1(c2ncc(-c3ccc4nc5n(c4c3)[C@@H]3C[C@H]5NC(=O)c4cccc(C5CC5)c43)cn2)CCC1. The Balaban J connectivity index is 1.14. The maximum Gasteiger partial charge on any atom is 0.408 e. The number of nitrogens with zero attached hydrogens (tertiary/aromatic N) is 4. The van der Waals surface area contributed by atoms with E-state index in [2.05, 4.69) is 27.3 Å². The topological polar surface area (TPSA) is 111 Å². The van der Waals surface area contributed by atoms with E-state index in [1.54, 1.807) is 0 Å². The van der Waals surface area contributed by atoms with Crippen LogP contribution in [-0.4, -0.2) is 37.1 Å². The molecule has 0 spiro atoms. The molecule has 2 atom stereocenters. The molecule has 214 valence electrons. The van der Waals surface area contributed by atoms with Gasteiger partial charge in [-0.05, 0) is 100 Å². The smallest absolute Gasteiger partial charge is 0.408 e. The molecular weight excluding hydrogens is 528 g/mol. The average molecular weight is 563 g/mol. The number of ether oxygens (including phenoxy) is 1. The van der Waals surface area contributed by atoms with E-state index >= 15 is 0 Å². The second kappa shape index (κ2) is 8.86. The van der Waals surface area contributed by atoms with Gasteiger partial charge in [-0.3, -0.25) is 4.79 Å². The lowest BCUT2D eigenvalue weighted by molar-refractivity contribution is 0.0364. The molecule has 8 rings (SSSR count). The van der Waals surface area contributed by atoms with E-state index < -0.39 is 17.2 Å². The van der Waals surface area contributed by atoms with Crippen molar-refractivity contribution in [2.75, 3.05) is 0 Å². The summed E-state index contributed by atoms with van der Waals surface area (Å²) in [5.74, 6) is 2.07. The van der Waals surface area contributed by atoms with Gasteiger partial charge in [0.2, 0.25) is 0 Å². The van der Waals surface area contributed by atoms with Crippen LogP contribution in [0.5, 0.6) is 0 Å². The molecule has 0 unspecified atom stereocenters. The zero-order valence-electron chi connectivity index (χ0n) is 24.1. The van der Waals surface area contributed by atoms with Crippen LogP contribution in [0.2, 0.25) is 0 Å². The van der Waals surface area contributed by atoms with Crippen LogP contribution in [0, 0.1) is 0 Å². The molecule has 0 saturated heterocycles. The minimum absolute atomic E-state index is 0.00151. The monoisotopic (exact) mass is 562 g/mol. The molecule has 0 radical (unpaired) electrons. The Bertz CT molecular complexity index is 1760. The Morgan fingerprint density at radius 2 is 1.88 bits per heavy atom. The van der Waals surface area contributed by atoms with Crippen molar-refractivity contribution >= 4 is 23.0 Å². The fraction of sp³-hybridized carbons (Fsp3) is 0.424. The van der Waals surface area contributed by atoms with E-state index in [4.69, 9.17) is 19.7 Å². The summed E-state index contributed by atoms with van der Waals surface area (Å²) >= 11 is 0. The molecule has 2 aromatic carbocycles. The van der Waals surface area contributed by atoms with Gasteiger partial charge in [-0.15, -0.1) is 0 Å². The van der Waals surface area contributed by atoms with Crippen LogP contribution in [0.25, 0.3) is 22.2 Å². The summed E-state index contributed by atoms with van der Waals surface area (Å²) < 4.78 is 7.85. The fourth-order valence-corrected chi connectivity index (χ4v) is 6.97. The molecule has 2 saturated carbocycles. The first-order valence-corrected chi connectivity index (χ1v) is 15.0. The number of carbonyl (C=O) groups excluding carboxylic acids is 2. The quantitative estimate of drug-likeness (QED) is 0.313. The van der Waals surface area contributed by atoms with E-state index in [9.17, 15) is 9.59 Å². The Kier molecular flexibility index (Phi) is 5.37. The van der Waals surface area contributed by atoms with Gasteiger partial charge in [0.15, 0.2) is 5.82 Å². The number of nitrogens with one attached hydrogen (secondary N) is 2. The number of hydrogen-bond acceptors (Lipinski definition) is 6. The number of carbonyl (C=O) groups is 2. The summed E-state index contributed by atoms with van der Waals surface area (Å²) in [6, 6.07) is 12.4. The summed E-state index contributed by atoms with van der Waals surface area (Å²) in [7, 11) is 0. The molecular formula is C33H34N6O3. The molecule has 4 aliphatic rings. The van der Waals surface area contributed by atoms with Gasteiger partial charge in [0.25, 0.3) is 5.91 Å². The van der Waals surface area contributed by atoms with Crippen LogP contribution < -0.4 is 10.6 Å². The summed E-state index contributed by atoms with van der Waals surface area (Å²) in [5.41, 5.74) is 5.97. The van der Waals surface area contributed by atoms with Crippen LogP contribution in [0.4, 0.5) is 4.79 Å². The highest BCUT2D eigenvalue weighted by Gasteiger charge is 2.45. The number of alkyl carbamates (subject to hydrolysis) is 1. The Labute approximate surface area is 244 Å². The summed E-state index contributed by atoms with van der Waals surface area (Å²) in [6.07, 6.45) is 8.97. The third-order valence-electron chi connectivity index (χ3n) is 9.20. The lowest BCUT2D eigenvalue weighted by Crippen LogP contribution is -2.53. The van der Waals surface area contributed by atoms with Crippen molar-refractivity contribution < 1.29 is 14.3 Å². The van der Waals surface area contributed by atoms with Gasteiger partial charge in [0.05, 0.1) is 23.1 Å². The molecule has 9 heteroatoms. The third-order valence-corrected chi connectivity index (χ3v) is 9.20. The van der Waals surface area contributed by atoms with E-state index in [0.29, 0.717) is 11.7 Å². The molecule has 4 heterocycles. The molecule has 42 heavy (non-hydrogen) atoms. The van der Waals surface area contributed by atoms with Crippen LogP contribution in [0.1, 0.15) is 110 Å². The summed E-state index contributed by atoms with van der Waals surface area (Å²) in [4.78, 5) is 40.2. The van der Waals surface area contributed by atoms with Crippen LogP contribution in [-0.2, 0) is 10.3 Å². The Morgan fingerprint density at radius 3 is 2.57 bits per heavy atom. The maximum atomic E-state index is 13.2. The average Bonchev–Trinajstić information content (AvgIpc) is 3.66. The molecule has 2 N–H and O–H groups in total. The van der Waals surface area contributed by atoms with Gasteiger partial charge >= 0.3 is 6.09 Å². The van der Waals surface area contributed by atoms with E-state index in [1.165, 1.54) is 24.0 Å². The van der Waals surface area contributed by atoms with Crippen molar-refractivity contribution in [3.63, 3.8) is 0 Å². The third kappa shape index (κ3) is 4.01. The van der Waals surface area contributed by atoms with E-state index in [0.717, 1.165) is 59.2 Å². The molecule has 4 aromatic rings. The van der Waals surface area contributed by atoms with Crippen molar-refractivity contribution in [1.29, 1.82) is 0 Å². The number of fused-ring (bicyclic) bond motifs is 9. The van der Waals surface area contributed by atoms with Crippen molar-refractivity contribution in [2.24, 2.45) is 0 Å². The molecule has 2 aromatic heterocycles. The number of amides is 2. The minimum atomic E-state index is -0.593. The number of imidazole rings is 1.